The van der Waals surface area contributed by atoms with E-state index < -0.39 is 0 Å². The molecule has 96 valence electrons. The highest BCUT2D eigenvalue weighted by Crippen LogP contribution is 2.26. The zero-order valence-electron chi connectivity index (χ0n) is 11.1. The molecule has 0 unspecified atom stereocenters. The van der Waals surface area contributed by atoms with E-state index in [2.05, 4.69) is 12.0 Å². The monoisotopic (exact) mass is 246 g/mol. The molecule has 0 bridgehead atoms. The SMILES string of the molecule is CCCCn1cc(C=O)c(-c2cc(C)c(C)o2)n1. The van der Waals surface area contributed by atoms with Gasteiger partial charge in [-0.2, -0.15) is 5.10 Å². The van der Waals surface area contributed by atoms with Crippen LogP contribution in [0, 0.1) is 13.8 Å². The number of aromatic nitrogens is 2. The minimum Gasteiger partial charge on any atom is -0.459 e. The van der Waals surface area contributed by atoms with Gasteiger partial charge in [0, 0.05) is 12.7 Å². The van der Waals surface area contributed by atoms with Crippen molar-refractivity contribution in [1.82, 2.24) is 9.78 Å². The number of nitrogens with zero attached hydrogens (tertiary/aromatic N) is 2. The molecular weight excluding hydrogens is 228 g/mol. The van der Waals surface area contributed by atoms with Gasteiger partial charge in [-0.05, 0) is 31.9 Å². The molecule has 0 N–H and O–H groups in total. The summed E-state index contributed by atoms with van der Waals surface area (Å²) in [6, 6.07) is 1.93. The van der Waals surface area contributed by atoms with Gasteiger partial charge in [0.2, 0.25) is 0 Å². The lowest BCUT2D eigenvalue weighted by Crippen LogP contribution is -1.97. The van der Waals surface area contributed by atoms with Gasteiger partial charge in [-0.15, -0.1) is 0 Å². The summed E-state index contributed by atoms with van der Waals surface area (Å²) >= 11 is 0. The molecule has 18 heavy (non-hydrogen) atoms. The van der Waals surface area contributed by atoms with Crippen molar-refractivity contribution in [3.05, 3.63) is 29.2 Å². The Hall–Kier alpha value is -1.84. The molecule has 0 aliphatic carbocycles. The van der Waals surface area contributed by atoms with Crippen LogP contribution in [0.1, 0.15) is 41.4 Å². The van der Waals surface area contributed by atoms with E-state index in [0.29, 0.717) is 17.0 Å². The molecule has 4 nitrogen and oxygen atoms in total. The summed E-state index contributed by atoms with van der Waals surface area (Å²) in [4.78, 5) is 11.1. The average Bonchev–Trinajstić information content (AvgIpc) is 2.91. The van der Waals surface area contributed by atoms with E-state index >= 15 is 0 Å². The van der Waals surface area contributed by atoms with E-state index in [9.17, 15) is 4.79 Å². The quantitative estimate of drug-likeness (QED) is 0.760. The molecule has 2 aromatic rings. The Morgan fingerprint density at radius 1 is 1.44 bits per heavy atom. The highest BCUT2D eigenvalue weighted by Gasteiger charge is 2.15. The predicted molar refractivity (Wildman–Crippen MR) is 69.7 cm³/mol. The smallest absolute Gasteiger partial charge is 0.155 e. The molecule has 0 atom stereocenters. The van der Waals surface area contributed by atoms with Crippen LogP contribution in [0.4, 0.5) is 0 Å². The maximum atomic E-state index is 11.1. The number of hydrogen-bond donors (Lipinski definition) is 0. The molecule has 0 fully saturated rings. The maximum Gasteiger partial charge on any atom is 0.155 e. The third-order valence-corrected chi connectivity index (χ3v) is 3.06. The summed E-state index contributed by atoms with van der Waals surface area (Å²) in [6.07, 6.45) is 4.77. The normalized spacial score (nSPS) is 10.8. The number of carbonyl (C=O) groups is 1. The molecule has 0 amide bonds. The minimum atomic E-state index is 0.583. The number of furan rings is 1. The zero-order valence-corrected chi connectivity index (χ0v) is 11.1. The van der Waals surface area contributed by atoms with Crippen molar-refractivity contribution < 1.29 is 9.21 Å². The summed E-state index contributed by atoms with van der Waals surface area (Å²) in [5.41, 5.74) is 2.29. The molecule has 0 aliphatic heterocycles. The van der Waals surface area contributed by atoms with Crippen molar-refractivity contribution in [2.45, 2.75) is 40.2 Å². The lowest BCUT2D eigenvalue weighted by atomic mass is 10.2. The average molecular weight is 246 g/mol. The van der Waals surface area contributed by atoms with Crippen molar-refractivity contribution in [3.8, 4) is 11.5 Å². The van der Waals surface area contributed by atoms with Crippen LogP contribution in [0.5, 0.6) is 0 Å². The van der Waals surface area contributed by atoms with Crippen molar-refractivity contribution in [2.24, 2.45) is 0 Å². The Morgan fingerprint density at radius 2 is 2.22 bits per heavy atom. The van der Waals surface area contributed by atoms with Crippen molar-refractivity contribution in [3.63, 3.8) is 0 Å². The number of aldehydes is 1. The Balaban J connectivity index is 2.36. The van der Waals surface area contributed by atoms with Gasteiger partial charge in [0.25, 0.3) is 0 Å². The number of carbonyl (C=O) groups excluding carboxylic acids is 1. The van der Waals surface area contributed by atoms with Gasteiger partial charge in [-0.3, -0.25) is 9.48 Å². The third-order valence-electron chi connectivity index (χ3n) is 3.06. The van der Waals surface area contributed by atoms with Crippen LogP contribution in [0.2, 0.25) is 0 Å². The van der Waals surface area contributed by atoms with Crippen LogP contribution in [-0.2, 0) is 6.54 Å². The van der Waals surface area contributed by atoms with Crippen LogP contribution in [0.15, 0.2) is 16.7 Å². The predicted octanol–water partition coefficient (Wildman–Crippen LogP) is 3.37. The first-order valence-electron chi connectivity index (χ1n) is 6.25. The van der Waals surface area contributed by atoms with Crippen LogP contribution in [0.3, 0.4) is 0 Å². The first-order chi connectivity index (χ1) is 8.65. The maximum absolute atomic E-state index is 11.1. The second kappa shape index (κ2) is 5.21. The van der Waals surface area contributed by atoms with E-state index in [1.807, 2.05) is 24.6 Å². The Bertz CT molecular complexity index is 533. The van der Waals surface area contributed by atoms with E-state index in [-0.39, 0.29) is 0 Å². The van der Waals surface area contributed by atoms with Gasteiger partial charge < -0.3 is 4.42 Å². The Labute approximate surface area is 107 Å². The lowest BCUT2D eigenvalue weighted by Gasteiger charge is -1.97. The van der Waals surface area contributed by atoms with Gasteiger partial charge >= 0.3 is 0 Å². The molecule has 4 heteroatoms. The molecule has 2 heterocycles. The second-order valence-electron chi connectivity index (χ2n) is 4.52. The topological polar surface area (TPSA) is 48.0 Å². The van der Waals surface area contributed by atoms with Crippen LogP contribution < -0.4 is 0 Å². The van der Waals surface area contributed by atoms with E-state index in [0.717, 1.165) is 37.0 Å². The zero-order chi connectivity index (χ0) is 13.1. The number of unbranched alkanes of at least 4 members (excludes halogenated alkanes) is 1. The molecule has 0 aromatic carbocycles. The van der Waals surface area contributed by atoms with Gasteiger partial charge in [0.05, 0.1) is 5.56 Å². The van der Waals surface area contributed by atoms with Crippen LogP contribution in [-0.4, -0.2) is 16.1 Å². The Morgan fingerprint density at radius 3 is 2.78 bits per heavy atom. The molecule has 0 aliphatic rings. The highest BCUT2D eigenvalue weighted by molar-refractivity contribution is 5.84. The largest absolute Gasteiger partial charge is 0.459 e. The fourth-order valence-electron chi connectivity index (χ4n) is 1.84. The standard InChI is InChI=1S/C14H18N2O2/c1-4-5-6-16-8-12(9-17)14(15-16)13-7-10(2)11(3)18-13/h7-9H,4-6H2,1-3H3. The summed E-state index contributed by atoms with van der Waals surface area (Å²) in [6.45, 7) is 6.85. The van der Waals surface area contributed by atoms with E-state index in [4.69, 9.17) is 4.42 Å². The molecule has 2 rings (SSSR count). The summed E-state index contributed by atoms with van der Waals surface area (Å²) in [7, 11) is 0. The minimum absolute atomic E-state index is 0.583. The van der Waals surface area contributed by atoms with Crippen molar-refractivity contribution in [1.29, 1.82) is 0 Å². The molecular formula is C14H18N2O2. The highest BCUT2D eigenvalue weighted by atomic mass is 16.3. The van der Waals surface area contributed by atoms with Crippen molar-refractivity contribution >= 4 is 6.29 Å². The summed E-state index contributed by atoms with van der Waals surface area (Å²) in [5, 5.41) is 4.43. The van der Waals surface area contributed by atoms with E-state index in [1.165, 1.54) is 0 Å². The van der Waals surface area contributed by atoms with E-state index in [1.54, 1.807) is 6.20 Å². The number of hydrogen-bond acceptors (Lipinski definition) is 3. The first kappa shape index (κ1) is 12.6. The molecule has 0 saturated carbocycles. The van der Waals surface area contributed by atoms with Gasteiger partial charge in [0.1, 0.15) is 11.5 Å². The van der Waals surface area contributed by atoms with Gasteiger partial charge in [0.15, 0.2) is 12.0 Å². The van der Waals surface area contributed by atoms with Crippen molar-refractivity contribution in [2.75, 3.05) is 0 Å². The summed E-state index contributed by atoms with van der Waals surface area (Å²) in [5.74, 6) is 1.53. The number of aryl methyl sites for hydroxylation is 3. The van der Waals surface area contributed by atoms with Crippen LogP contribution >= 0.6 is 0 Å². The van der Waals surface area contributed by atoms with Gasteiger partial charge in [-0.25, -0.2) is 0 Å². The molecule has 2 aromatic heterocycles. The third kappa shape index (κ3) is 2.37. The number of rotatable bonds is 5. The summed E-state index contributed by atoms with van der Waals surface area (Å²) < 4.78 is 7.44. The lowest BCUT2D eigenvalue weighted by molar-refractivity contribution is 0.112. The first-order valence-corrected chi connectivity index (χ1v) is 6.25. The molecule has 0 radical (unpaired) electrons. The van der Waals surface area contributed by atoms with Crippen LogP contribution in [0.25, 0.3) is 11.5 Å². The Kier molecular flexibility index (Phi) is 3.65. The fourth-order valence-corrected chi connectivity index (χ4v) is 1.84. The van der Waals surface area contributed by atoms with Gasteiger partial charge in [-0.1, -0.05) is 13.3 Å². The fraction of sp³-hybridized carbons (Fsp3) is 0.429. The second-order valence-corrected chi connectivity index (χ2v) is 4.52. The molecule has 0 saturated heterocycles. The molecule has 0 spiro atoms.